The van der Waals surface area contributed by atoms with Crippen LogP contribution in [0, 0.1) is 0 Å². The summed E-state index contributed by atoms with van der Waals surface area (Å²) in [6.45, 7) is 5.38. The number of carbonyl (C=O) groups excluding carboxylic acids is 1. The smallest absolute Gasteiger partial charge is 0.226 e. The van der Waals surface area contributed by atoms with E-state index < -0.39 is 0 Å². The first-order chi connectivity index (χ1) is 11.3. The number of aromatic nitrogens is 1. The molecule has 1 amide bonds. The highest BCUT2D eigenvalue weighted by Crippen LogP contribution is 2.27. The van der Waals surface area contributed by atoms with E-state index in [-0.39, 0.29) is 5.91 Å². The van der Waals surface area contributed by atoms with E-state index in [2.05, 4.69) is 21.3 Å². The maximum absolute atomic E-state index is 12.0. The zero-order chi connectivity index (χ0) is 15.9. The van der Waals surface area contributed by atoms with Crippen LogP contribution in [0.1, 0.15) is 12.1 Å². The molecule has 1 saturated heterocycles. The summed E-state index contributed by atoms with van der Waals surface area (Å²) in [5, 5.41) is 7.99. The monoisotopic (exact) mass is 351 g/mol. The van der Waals surface area contributed by atoms with Crippen LogP contribution < -0.4 is 5.32 Å². The number of hydrogen-bond donors (Lipinski definition) is 1. The Morgan fingerprint density at radius 1 is 1.35 bits per heavy atom. The maximum atomic E-state index is 12.0. The summed E-state index contributed by atoms with van der Waals surface area (Å²) in [4.78, 5) is 20.1. The van der Waals surface area contributed by atoms with Crippen molar-refractivity contribution in [3.8, 4) is 9.88 Å². The Morgan fingerprint density at radius 2 is 2.22 bits per heavy atom. The fourth-order valence-corrected chi connectivity index (χ4v) is 4.12. The topological polar surface area (TPSA) is 54.5 Å². The molecule has 0 radical (unpaired) electrons. The van der Waals surface area contributed by atoms with Crippen LogP contribution in [-0.4, -0.2) is 55.2 Å². The molecule has 0 bridgehead atoms. The van der Waals surface area contributed by atoms with Gasteiger partial charge < -0.3 is 10.1 Å². The van der Waals surface area contributed by atoms with Crippen molar-refractivity contribution >= 4 is 28.6 Å². The quantitative estimate of drug-likeness (QED) is 0.778. The van der Waals surface area contributed by atoms with Gasteiger partial charge in [0.2, 0.25) is 5.91 Å². The van der Waals surface area contributed by atoms with Crippen LogP contribution in [0.25, 0.3) is 9.88 Å². The van der Waals surface area contributed by atoms with Crippen LogP contribution in [0.15, 0.2) is 22.9 Å². The minimum Gasteiger partial charge on any atom is -0.379 e. The molecule has 2 aromatic heterocycles. The van der Waals surface area contributed by atoms with Crippen molar-refractivity contribution in [1.82, 2.24) is 15.2 Å². The number of amides is 1. The van der Waals surface area contributed by atoms with Crippen molar-refractivity contribution in [2.75, 3.05) is 39.4 Å². The average molecular weight is 351 g/mol. The molecule has 3 rings (SSSR count). The second kappa shape index (κ2) is 8.54. The standard InChI is InChI=1S/C16H21N3O2S2/c20-15(17-4-2-5-19-6-8-21-9-7-19)11-13-12-23-16(18-13)14-3-1-10-22-14/h1,3,10,12H,2,4-9,11H2,(H,17,20). The van der Waals surface area contributed by atoms with Crippen molar-refractivity contribution in [2.45, 2.75) is 12.8 Å². The lowest BCUT2D eigenvalue weighted by atomic mass is 10.3. The maximum Gasteiger partial charge on any atom is 0.226 e. The van der Waals surface area contributed by atoms with Gasteiger partial charge in [-0.2, -0.15) is 0 Å². The second-order valence-corrected chi connectivity index (χ2v) is 7.26. The molecule has 1 aliphatic rings. The lowest BCUT2D eigenvalue weighted by molar-refractivity contribution is -0.120. The van der Waals surface area contributed by atoms with Crippen molar-refractivity contribution in [2.24, 2.45) is 0 Å². The summed E-state index contributed by atoms with van der Waals surface area (Å²) in [6.07, 6.45) is 1.34. The number of rotatable bonds is 7. The zero-order valence-electron chi connectivity index (χ0n) is 13.0. The minimum atomic E-state index is 0.0509. The number of ether oxygens (including phenoxy) is 1. The number of thiazole rings is 1. The second-order valence-electron chi connectivity index (χ2n) is 5.46. The highest BCUT2D eigenvalue weighted by atomic mass is 32.1. The molecular weight excluding hydrogens is 330 g/mol. The number of nitrogens with one attached hydrogen (secondary N) is 1. The van der Waals surface area contributed by atoms with Crippen LogP contribution in [-0.2, 0) is 16.0 Å². The molecule has 1 N–H and O–H groups in total. The predicted molar refractivity (Wildman–Crippen MR) is 94.0 cm³/mol. The summed E-state index contributed by atoms with van der Waals surface area (Å²) in [7, 11) is 0. The molecular formula is C16H21N3O2S2. The Hall–Kier alpha value is -1.28. The molecule has 0 aromatic carbocycles. The van der Waals surface area contributed by atoms with E-state index in [1.165, 1.54) is 0 Å². The molecule has 3 heterocycles. The molecule has 23 heavy (non-hydrogen) atoms. The van der Waals surface area contributed by atoms with Gasteiger partial charge in [0.1, 0.15) is 5.01 Å². The summed E-state index contributed by atoms with van der Waals surface area (Å²) in [6, 6.07) is 4.07. The van der Waals surface area contributed by atoms with Crippen LogP contribution in [0.2, 0.25) is 0 Å². The van der Waals surface area contributed by atoms with Gasteiger partial charge in [0.25, 0.3) is 0 Å². The predicted octanol–water partition coefficient (Wildman–Crippen LogP) is 2.25. The number of thiophene rings is 1. The Balaban J connectivity index is 1.36. The van der Waals surface area contributed by atoms with E-state index in [0.717, 1.165) is 61.4 Å². The Kier molecular flexibility index (Phi) is 6.15. The summed E-state index contributed by atoms with van der Waals surface area (Å²) >= 11 is 3.27. The van der Waals surface area contributed by atoms with E-state index in [9.17, 15) is 4.79 Å². The first kappa shape index (κ1) is 16.6. The first-order valence-electron chi connectivity index (χ1n) is 7.86. The normalized spacial score (nSPS) is 15.7. The van der Waals surface area contributed by atoms with E-state index in [1.807, 2.05) is 16.8 Å². The van der Waals surface area contributed by atoms with Crippen LogP contribution in [0.4, 0.5) is 0 Å². The SMILES string of the molecule is O=C(Cc1csc(-c2cccs2)n1)NCCCN1CCOCC1. The number of nitrogens with zero attached hydrogens (tertiary/aromatic N) is 2. The van der Waals surface area contributed by atoms with Gasteiger partial charge >= 0.3 is 0 Å². The van der Waals surface area contributed by atoms with Crippen LogP contribution in [0.5, 0.6) is 0 Å². The molecule has 2 aromatic rings. The van der Waals surface area contributed by atoms with Crippen molar-refractivity contribution in [3.05, 3.63) is 28.6 Å². The minimum absolute atomic E-state index is 0.0509. The molecule has 0 unspecified atom stereocenters. The summed E-state index contributed by atoms with van der Waals surface area (Å²) in [5.74, 6) is 0.0509. The fourth-order valence-electron chi connectivity index (χ4n) is 2.48. The lowest BCUT2D eigenvalue weighted by Gasteiger charge is -2.26. The molecule has 0 saturated carbocycles. The van der Waals surface area contributed by atoms with Crippen LogP contribution in [0.3, 0.4) is 0 Å². The van der Waals surface area contributed by atoms with Gasteiger partial charge in [0.05, 0.1) is 30.2 Å². The van der Waals surface area contributed by atoms with Gasteiger partial charge in [-0.1, -0.05) is 6.07 Å². The molecule has 124 valence electrons. The number of morpholine rings is 1. The Labute approximate surface area is 144 Å². The fraction of sp³-hybridized carbons (Fsp3) is 0.500. The van der Waals surface area contributed by atoms with E-state index in [0.29, 0.717) is 6.42 Å². The van der Waals surface area contributed by atoms with E-state index in [4.69, 9.17) is 4.74 Å². The van der Waals surface area contributed by atoms with Gasteiger partial charge in [-0.15, -0.1) is 22.7 Å². The highest BCUT2D eigenvalue weighted by Gasteiger charge is 2.11. The van der Waals surface area contributed by atoms with Crippen molar-refractivity contribution < 1.29 is 9.53 Å². The van der Waals surface area contributed by atoms with Crippen molar-refractivity contribution in [3.63, 3.8) is 0 Å². The molecule has 1 fully saturated rings. The zero-order valence-corrected chi connectivity index (χ0v) is 14.6. The molecule has 7 heteroatoms. The van der Waals surface area contributed by atoms with Crippen molar-refractivity contribution in [1.29, 1.82) is 0 Å². The summed E-state index contributed by atoms with van der Waals surface area (Å²) in [5.41, 5.74) is 0.851. The van der Waals surface area contributed by atoms with Gasteiger partial charge in [-0.3, -0.25) is 9.69 Å². The van der Waals surface area contributed by atoms with E-state index >= 15 is 0 Å². The highest BCUT2D eigenvalue weighted by molar-refractivity contribution is 7.20. The molecule has 0 spiro atoms. The van der Waals surface area contributed by atoms with Crippen LogP contribution >= 0.6 is 22.7 Å². The number of carbonyl (C=O) groups is 1. The number of hydrogen-bond acceptors (Lipinski definition) is 6. The molecule has 5 nitrogen and oxygen atoms in total. The Bertz CT molecular complexity index is 607. The largest absolute Gasteiger partial charge is 0.379 e. The third-order valence-corrected chi connectivity index (χ3v) is 5.63. The third-order valence-electron chi connectivity index (χ3n) is 3.70. The summed E-state index contributed by atoms with van der Waals surface area (Å²) < 4.78 is 5.32. The van der Waals surface area contributed by atoms with Gasteiger partial charge in [-0.25, -0.2) is 4.98 Å². The van der Waals surface area contributed by atoms with Gasteiger partial charge in [-0.05, 0) is 24.4 Å². The Morgan fingerprint density at radius 3 is 3.00 bits per heavy atom. The lowest BCUT2D eigenvalue weighted by Crippen LogP contribution is -2.38. The molecule has 0 atom stereocenters. The average Bonchev–Trinajstić information content (AvgIpc) is 3.24. The first-order valence-corrected chi connectivity index (χ1v) is 9.62. The van der Waals surface area contributed by atoms with Gasteiger partial charge in [0, 0.05) is 25.0 Å². The molecule has 0 aliphatic carbocycles. The van der Waals surface area contributed by atoms with E-state index in [1.54, 1.807) is 22.7 Å². The van der Waals surface area contributed by atoms with Gasteiger partial charge in [0.15, 0.2) is 0 Å². The molecule has 1 aliphatic heterocycles. The third kappa shape index (κ3) is 5.10.